The molecule has 0 fully saturated rings. The van der Waals surface area contributed by atoms with Gasteiger partial charge in [-0.05, 0) is 56.5 Å². The van der Waals surface area contributed by atoms with Gasteiger partial charge in [-0.3, -0.25) is 0 Å². The SMILES string of the molecule is COc1cc(C(C)Nc2c(C)cc(C)cc2C)ccc1F. The van der Waals surface area contributed by atoms with Gasteiger partial charge in [-0.2, -0.15) is 0 Å². The second kappa shape index (κ2) is 6.17. The van der Waals surface area contributed by atoms with Crippen molar-refractivity contribution in [1.82, 2.24) is 0 Å². The Morgan fingerprint density at radius 2 is 1.67 bits per heavy atom. The number of halogens is 1. The van der Waals surface area contributed by atoms with E-state index in [2.05, 4.69) is 45.1 Å². The van der Waals surface area contributed by atoms with Crippen LogP contribution in [0.25, 0.3) is 0 Å². The molecule has 0 saturated carbocycles. The summed E-state index contributed by atoms with van der Waals surface area (Å²) in [6.45, 7) is 8.35. The highest BCUT2D eigenvalue weighted by atomic mass is 19.1. The third-order valence-corrected chi connectivity index (χ3v) is 3.71. The zero-order valence-electron chi connectivity index (χ0n) is 13.3. The van der Waals surface area contributed by atoms with Crippen LogP contribution in [-0.2, 0) is 0 Å². The van der Waals surface area contributed by atoms with E-state index in [4.69, 9.17) is 4.74 Å². The Labute approximate surface area is 126 Å². The standard InChI is InChI=1S/C18H22FNO/c1-11-8-12(2)18(13(3)9-11)20-14(4)15-6-7-16(19)17(10-15)21-5/h6-10,14,20H,1-5H3. The Hall–Kier alpha value is -2.03. The molecule has 0 aliphatic heterocycles. The number of methoxy groups -OCH3 is 1. The molecule has 2 aromatic carbocycles. The fourth-order valence-electron chi connectivity index (χ4n) is 2.65. The van der Waals surface area contributed by atoms with Gasteiger partial charge in [-0.1, -0.05) is 23.8 Å². The van der Waals surface area contributed by atoms with E-state index in [1.807, 2.05) is 0 Å². The molecule has 0 bridgehead atoms. The average molecular weight is 287 g/mol. The molecule has 1 N–H and O–H groups in total. The predicted octanol–water partition coefficient (Wildman–Crippen LogP) is 4.93. The van der Waals surface area contributed by atoms with Gasteiger partial charge in [0.05, 0.1) is 7.11 Å². The lowest BCUT2D eigenvalue weighted by atomic mass is 10.0. The Morgan fingerprint density at radius 1 is 1.05 bits per heavy atom. The molecule has 0 aliphatic carbocycles. The Morgan fingerprint density at radius 3 is 2.24 bits per heavy atom. The van der Waals surface area contributed by atoms with Crippen LogP contribution in [0.15, 0.2) is 30.3 Å². The number of ether oxygens (including phenoxy) is 1. The van der Waals surface area contributed by atoms with Crippen molar-refractivity contribution < 1.29 is 9.13 Å². The van der Waals surface area contributed by atoms with E-state index < -0.39 is 0 Å². The smallest absolute Gasteiger partial charge is 0.165 e. The van der Waals surface area contributed by atoms with Crippen LogP contribution in [0, 0.1) is 26.6 Å². The third kappa shape index (κ3) is 3.35. The third-order valence-electron chi connectivity index (χ3n) is 3.71. The highest BCUT2D eigenvalue weighted by Crippen LogP contribution is 2.28. The summed E-state index contributed by atoms with van der Waals surface area (Å²) in [4.78, 5) is 0. The van der Waals surface area contributed by atoms with E-state index in [0.717, 1.165) is 11.3 Å². The zero-order chi connectivity index (χ0) is 15.6. The van der Waals surface area contributed by atoms with E-state index in [1.165, 1.54) is 29.9 Å². The fraction of sp³-hybridized carbons (Fsp3) is 0.333. The van der Waals surface area contributed by atoms with Crippen molar-refractivity contribution in [2.75, 3.05) is 12.4 Å². The molecule has 2 rings (SSSR count). The highest BCUT2D eigenvalue weighted by molar-refractivity contribution is 5.59. The normalized spacial score (nSPS) is 12.1. The van der Waals surface area contributed by atoms with Crippen LogP contribution in [0.2, 0.25) is 0 Å². The van der Waals surface area contributed by atoms with Crippen LogP contribution in [0.3, 0.4) is 0 Å². The van der Waals surface area contributed by atoms with Crippen LogP contribution in [0.4, 0.5) is 10.1 Å². The number of rotatable bonds is 4. The van der Waals surface area contributed by atoms with Gasteiger partial charge >= 0.3 is 0 Å². The van der Waals surface area contributed by atoms with Gasteiger partial charge in [0.25, 0.3) is 0 Å². The molecule has 0 spiro atoms. The molecular formula is C18H22FNO. The minimum absolute atomic E-state index is 0.0691. The number of anilines is 1. The number of nitrogens with one attached hydrogen (secondary N) is 1. The summed E-state index contributed by atoms with van der Waals surface area (Å²) in [7, 11) is 1.48. The summed E-state index contributed by atoms with van der Waals surface area (Å²) in [6.07, 6.45) is 0. The van der Waals surface area contributed by atoms with Crippen LogP contribution < -0.4 is 10.1 Å². The molecule has 3 heteroatoms. The molecule has 21 heavy (non-hydrogen) atoms. The monoisotopic (exact) mass is 287 g/mol. The molecule has 0 aromatic heterocycles. The van der Waals surface area contributed by atoms with E-state index in [-0.39, 0.29) is 17.6 Å². The maximum absolute atomic E-state index is 13.5. The first-order chi connectivity index (χ1) is 9.92. The maximum atomic E-state index is 13.5. The molecule has 2 nitrogen and oxygen atoms in total. The van der Waals surface area contributed by atoms with Crippen molar-refractivity contribution in [2.24, 2.45) is 0 Å². The number of hydrogen-bond acceptors (Lipinski definition) is 2. The van der Waals surface area contributed by atoms with Crippen LogP contribution in [0.5, 0.6) is 5.75 Å². The number of aryl methyl sites for hydroxylation is 3. The van der Waals surface area contributed by atoms with Gasteiger partial charge < -0.3 is 10.1 Å². The lowest BCUT2D eigenvalue weighted by molar-refractivity contribution is 0.385. The predicted molar refractivity (Wildman–Crippen MR) is 85.6 cm³/mol. The van der Waals surface area contributed by atoms with E-state index >= 15 is 0 Å². The molecule has 0 heterocycles. The lowest BCUT2D eigenvalue weighted by Crippen LogP contribution is -2.09. The molecule has 112 valence electrons. The Kier molecular flexibility index (Phi) is 4.51. The summed E-state index contributed by atoms with van der Waals surface area (Å²) in [5, 5.41) is 3.51. The lowest BCUT2D eigenvalue weighted by Gasteiger charge is -2.20. The van der Waals surface area contributed by atoms with E-state index in [0.29, 0.717) is 0 Å². The molecular weight excluding hydrogens is 265 g/mol. The Bertz CT molecular complexity index is 629. The van der Waals surface area contributed by atoms with Crippen molar-refractivity contribution in [2.45, 2.75) is 33.7 Å². The molecule has 1 atom stereocenters. The first kappa shape index (κ1) is 15.4. The fourth-order valence-corrected chi connectivity index (χ4v) is 2.65. The van der Waals surface area contributed by atoms with Gasteiger partial charge in [0.15, 0.2) is 11.6 Å². The van der Waals surface area contributed by atoms with Crippen molar-refractivity contribution in [3.8, 4) is 5.75 Å². The molecule has 0 aliphatic rings. The molecule has 0 amide bonds. The highest BCUT2D eigenvalue weighted by Gasteiger charge is 2.12. The van der Waals surface area contributed by atoms with E-state index in [1.54, 1.807) is 12.1 Å². The van der Waals surface area contributed by atoms with Gasteiger partial charge in [-0.25, -0.2) is 4.39 Å². The summed E-state index contributed by atoms with van der Waals surface area (Å²) in [6, 6.07) is 9.36. The minimum Gasteiger partial charge on any atom is -0.494 e. The van der Waals surface area contributed by atoms with Crippen LogP contribution in [-0.4, -0.2) is 7.11 Å². The van der Waals surface area contributed by atoms with E-state index in [9.17, 15) is 4.39 Å². The van der Waals surface area contributed by atoms with Crippen molar-refractivity contribution in [3.05, 3.63) is 58.4 Å². The quantitative estimate of drug-likeness (QED) is 0.860. The van der Waals surface area contributed by atoms with Crippen LogP contribution in [0.1, 0.15) is 35.2 Å². The minimum atomic E-state index is -0.337. The molecule has 2 aromatic rings. The topological polar surface area (TPSA) is 21.3 Å². The first-order valence-corrected chi connectivity index (χ1v) is 7.10. The van der Waals surface area contributed by atoms with Gasteiger partial charge in [0.1, 0.15) is 0 Å². The van der Waals surface area contributed by atoms with Crippen molar-refractivity contribution in [1.29, 1.82) is 0 Å². The summed E-state index contributed by atoms with van der Waals surface area (Å²) in [5.74, 6) is -0.0605. The first-order valence-electron chi connectivity index (χ1n) is 7.10. The number of hydrogen-bond donors (Lipinski definition) is 1. The number of benzene rings is 2. The van der Waals surface area contributed by atoms with Gasteiger partial charge in [0, 0.05) is 11.7 Å². The van der Waals surface area contributed by atoms with Gasteiger partial charge in [0.2, 0.25) is 0 Å². The van der Waals surface area contributed by atoms with Crippen molar-refractivity contribution in [3.63, 3.8) is 0 Å². The molecule has 1 unspecified atom stereocenters. The van der Waals surface area contributed by atoms with Gasteiger partial charge in [-0.15, -0.1) is 0 Å². The summed E-state index contributed by atoms with van der Waals surface area (Å²) < 4.78 is 18.5. The summed E-state index contributed by atoms with van der Waals surface area (Å²) >= 11 is 0. The zero-order valence-corrected chi connectivity index (χ0v) is 13.3. The largest absolute Gasteiger partial charge is 0.494 e. The Balaban J connectivity index is 2.28. The maximum Gasteiger partial charge on any atom is 0.165 e. The molecule has 0 radical (unpaired) electrons. The molecule has 0 saturated heterocycles. The summed E-state index contributed by atoms with van der Waals surface area (Å²) in [5.41, 5.74) is 5.82. The average Bonchev–Trinajstić information content (AvgIpc) is 2.43. The second-order valence-corrected chi connectivity index (χ2v) is 5.53. The van der Waals surface area contributed by atoms with Crippen molar-refractivity contribution >= 4 is 5.69 Å². The van der Waals surface area contributed by atoms with Crippen LogP contribution >= 0.6 is 0 Å². The second-order valence-electron chi connectivity index (χ2n) is 5.53.